The van der Waals surface area contributed by atoms with Crippen LogP contribution in [0, 0.1) is 0 Å². The van der Waals surface area contributed by atoms with Crippen molar-refractivity contribution in [3.8, 4) is 5.75 Å². The predicted molar refractivity (Wildman–Crippen MR) is 92.2 cm³/mol. The number of phenols is 1. The first-order valence-electron chi connectivity index (χ1n) is 8.12. The number of nitrogens with one attached hydrogen (secondary N) is 1. The summed E-state index contributed by atoms with van der Waals surface area (Å²) in [4.78, 5) is 24.0. The molecule has 0 unspecified atom stereocenters. The van der Waals surface area contributed by atoms with E-state index >= 15 is 0 Å². The average molecular weight is 352 g/mol. The minimum Gasteiger partial charge on any atom is -0.507 e. The van der Waals surface area contributed by atoms with Crippen molar-refractivity contribution in [3.63, 3.8) is 0 Å². The monoisotopic (exact) mass is 351 g/mol. The zero-order valence-corrected chi connectivity index (χ0v) is 14.4. The van der Waals surface area contributed by atoms with Crippen LogP contribution in [0.5, 0.6) is 5.75 Å². The van der Waals surface area contributed by atoms with Crippen molar-refractivity contribution >= 4 is 23.5 Å². The number of allylic oxidation sites excluding steroid dienone is 1. The molecular weight excluding hydrogens is 330 g/mol. The highest BCUT2D eigenvalue weighted by Gasteiger charge is 2.21. The lowest BCUT2D eigenvalue weighted by molar-refractivity contribution is -0.129. The van der Waals surface area contributed by atoms with E-state index in [1.165, 1.54) is 43.5 Å². The van der Waals surface area contributed by atoms with E-state index < -0.39 is 12.1 Å². The lowest BCUT2D eigenvalue weighted by Gasteiger charge is -2.16. The number of halogens is 1. The van der Waals surface area contributed by atoms with Gasteiger partial charge in [-0.1, -0.05) is 23.3 Å². The Bertz CT molecular complexity index is 642. The number of benzene rings is 1. The van der Waals surface area contributed by atoms with E-state index in [0.717, 1.165) is 19.3 Å². The van der Waals surface area contributed by atoms with Crippen molar-refractivity contribution in [2.45, 2.75) is 45.1 Å². The second-order valence-electron chi connectivity index (χ2n) is 5.86. The number of rotatable bonds is 6. The molecule has 0 heterocycles. The Morgan fingerprint density at radius 3 is 2.88 bits per heavy atom. The Morgan fingerprint density at radius 2 is 2.17 bits per heavy atom. The first-order valence-corrected chi connectivity index (χ1v) is 8.50. The Morgan fingerprint density at radius 1 is 1.38 bits per heavy atom. The molecule has 24 heavy (non-hydrogen) atoms. The lowest BCUT2D eigenvalue weighted by Crippen LogP contribution is -2.36. The normalized spacial score (nSPS) is 15.3. The first kappa shape index (κ1) is 18.3. The molecule has 0 aromatic heterocycles. The van der Waals surface area contributed by atoms with Crippen molar-refractivity contribution in [1.82, 2.24) is 5.32 Å². The Kier molecular flexibility index (Phi) is 6.67. The van der Waals surface area contributed by atoms with Crippen LogP contribution in [-0.4, -0.2) is 29.6 Å². The number of hydrogen-bond acceptors (Lipinski definition) is 4. The summed E-state index contributed by atoms with van der Waals surface area (Å²) in [6.45, 7) is 2.02. The number of hydrogen-bond donors (Lipinski definition) is 2. The fraction of sp³-hybridized carbons (Fsp3) is 0.444. The summed E-state index contributed by atoms with van der Waals surface area (Å²) in [5, 5.41) is 12.7. The van der Waals surface area contributed by atoms with E-state index in [1.807, 2.05) is 0 Å². The van der Waals surface area contributed by atoms with Crippen LogP contribution in [0.2, 0.25) is 5.02 Å². The number of aromatic hydroxyl groups is 1. The Balaban J connectivity index is 1.81. The summed E-state index contributed by atoms with van der Waals surface area (Å²) in [6, 6.07) is 4.07. The van der Waals surface area contributed by atoms with Crippen molar-refractivity contribution in [2.75, 3.05) is 6.54 Å². The smallest absolute Gasteiger partial charge is 0.342 e. The molecule has 0 radical (unpaired) electrons. The number of carbonyl (C=O) groups is 2. The maximum atomic E-state index is 12.0. The predicted octanol–water partition coefficient (Wildman–Crippen LogP) is 3.60. The highest BCUT2D eigenvalue weighted by molar-refractivity contribution is 6.31. The lowest BCUT2D eigenvalue weighted by atomic mass is 9.97. The van der Waals surface area contributed by atoms with Gasteiger partial charge in [-0.25, -0.2) is 4.79 Å². The maximum Gasteiger partial charge on any atom is 0.342 e. The zero-order chi connectivity index (χ0) is 17.5. The van der Waals surface area contributed by atoms with Crippen molar-refractivity contribution in [2.24, 2.45) is 0 Å². The fourth-order valence-corrected chi connectivity index (χ4v) is 2.74. The van der Waals surface area contributed by atoms with Crippen LogP contribution in [0.4, 0.5) is 0 Å². The molecule has 2 rings (SSSR count). The molecule has 1 aliphatic rings. The molecule has 5 nitrogen and oxygen atoms in total. The number of ether oxygens (including phenoxy) is 1. The highest BCUT2D eigenvalue weighted by Crippen LogP contribution is 2.23. The standard InChI is InChI=1S/C18H22ClNO4/c1-12(17(22)20-10-9-13-5-3-2-4-6-13)24-18(23)15-11-14(19)7-8-16(15)21/h5,7-8,11-12,21H,2-4,6,9-10H2,1H3,(H,20,22)/t12-/m1/s1. The summed E-state index contributed by atoms with van der Waals surface area (Å²) >= 11 is 5.80. The summed E-state index contributed by atoms with van der Waals surface area (Å²) in [5.41, 5.74) is 1.31. The molecular formula is C18H22ClNO4. The molecule has 0 fully saturated rings. The third kappa shape index (κ3) is 5.27. The van der Waals surface area contributed by atoms with E-state index in [1.54, 1.807) is 0 Å². The Labute approximate surface area is 146 Å². The number of esters is 1. The molecule has 1 aliphatic carbocycles. The Hall–Kier alpha value is -2.01. The zero-order valence-electron chi connectivity index (χ0n) is 13.7. The first-order chi connectivity index (χ1) is 11.5. The molecule has 0 bridgehead atoms. The third-order valence-corrected chi connectivity index (χ3v) is 4.20. The topological polar surface area (TPSA) is 75.6 Å². The number of phenolic OH excluding ortho intramolecular Hbond substituents is 1. The fourth-order valence-electron chi connectivity index (χ4n) is 2.57. The van der Waals surface area contributed by atoms with Crippen molar-refractivity contribution < 1.29 is 19.4 Å². The summed E-state index contributed by atoms with van der Waals surface area (Å²) in [6.07, 6.45) is 6.75. The highest BCUT2D eigenvalue weighted by atomic mass is 35.5. The molecule has 0 saturated carbocycles. The molecule has 2 N–H and O–H groups in total. The van der Waals surface area contributed by atoms with Crippen LogP contribution in [-0.2, 0) is 9.53 Å². The average Bonchev–Trinajstić information content (AvgIpc) is 2.57. The molecule has 0 aliphatic heterocycles. The molecule has 1 aromatic carbocycles. The molecule has 130 valence electrons. The van der Waals surface area contributed by atoms with Crippen LogP contribution in [0.3, 0.4) is 0 Å². The van der Waals surface area contributed by atoms with Gasteiger partial charge < -0.3 is 15.2 Å². The summed E-state index contributed by atoms with van der Waals surface area (Å²) in [5.74, 6) is -1.38. The van der Waals surface area contributed by atoms with Gasteiger partial charge in [-0.3, -0.25) is 4.79 Å². The van der Waals surface area contributed by atoms with Gasteiger partial charge >= 0.3 is 5.97 Å². The van der Waals surface area contributed by atoms with Crippen LogP contribution >= 0.6 is 11.6 Å². The van der Waals surface area contributed by atoms with Gasteiger partial charge in [0.25, 0.3) is 5.91 Å². The third-order valence-electron chi connectivity index (χ3n) is 3.96. The minimum absolute atomic E-state index is 0.0606. The van der Waals surface area contributed by atoms with E-state index in [-0.39, 0.29) is 17.2 Å². The second-order valence-corrected chi connectivity index (χ2v) is 6.29. The van der Waals surface area contributed by atoms with Crippen molar-refractivity contribution in [1.29, 1.82) is 0 Å². The van der Waals surface area contributed by atoms with Gasteiger partial charge in [-0.15, -0.1) is 0 Å². The largest absolute Gasteiger partial charge is 0.507 e. The van der Waals surface area contributed by atoms with Gasteiger partial charge in [0, 0.05) is 11.6 Å². The summed E-state index contributed by atoms with van der Waals surface area (Å²) in [7, 11) is 0. The molecule has 1 amide bonds. The van der Waals surface area contributed by atoms with Gasteiger partial charge in [-0.05, 0) is 57.2 Å². The van der Waals surface area contributed by atoms with Gasteiger partial charge in [0.2, 0.25) is 0 Å². The molecule has 0 spiro atoms. The molecule has 6 heteroatoms. The summed E-state index contributed by atoms with van der Waals surface area (Å²) < 4.78 is 5.09. The SMILES string of the molecule is C[C@@H](OC(=O)c1cc(Cl)ccc1O)C(=O)NCCC1=CCCCC1. The van der Waals surface area contributed by atoms with Gasteiger partial charge in [0.15, 0.2) is 6.10 Å². The number of amides is 1. The van der Waals surface area contributed by atoms with Gasteiger partial charge in [-0.2, -0.15) is 0 Å². The van der Waals surface area contributed by atoms with E-state index in [0.29, 0.717) is 11.6 Å². The molecule has 0 saturated heterocycles. The van der Waals surface area contributed by atoms with Crippen LogP contribution in [0.15, 0.2) is 29.8 Å². The molecule has 1 aromatic rings. The minimum atomic E-state index is -0.948. The van der Waals surface area contributed by atoms with Crippen LogP contribution < -0.4 is 5.32 Å². The number of carbonyl (C=O) groups excluding carboxylic acids is 2. The second kappa shape index (κ2) is 8.73. The molecule has 1 atom stereocenters. The van der Waals surface area contributed by atoms with Gasteiger partial charge in [0.1, 0.15) is 11.3 Å². The maximum absolute atomic E-state index is 12.0. The van der Waals surface area contributed by atoms with E-state index in [4.69, 9.17) is 16.3 Å². The van der Waals surface area contributed by atoms with Crippen LogP contribution in [0.25, 0.3) is 0 Å². The van der Waals surface area contributed by atoms with Gasteiger partial charge in [0.05, 0.1) is 0 Å². The van der Waals surface area contributed by atoms with Crippen molar-refractivity contribution in [3.05, 3.63) is 40.4 Å². The van der Waals surface area contributed by atoms with Crippen LogP contribution in [0.1, 0.15) is 49.4 Å². The quantitative estimate of drug-likeness (QED) is 0.606. The van der Waals surface area contributed by atoms with E-state index in [2.05, 4.69) is 11.4 Å². The van der Waals surface area contributed by atoms with E-state index in [9.17, 15) is 14.7 Å².